The van der Waals surface area contributed by atoms with Crippen LogP contribution in [0.2, 0.25) is 0 Å². The first-order chi connectivity index (χ1) is 7.83. The Morgan fingerprint density at radius 3 is 2.59 bits per heavy atom. The van der Waals surface area contributed by atoms with Crippen molar-refractivity contribution in [2.24, 2.45) is 17.8 Å². The van der Waals surface area contributed by atoms with Gasteiger partial charge in [-0.2, -0.15) is 0 Å². The summed E-state index contributed by atoms with van der Waals surface area (Å²) in [6, 6.07) is -0.0592. The molecular weight excluding hydrogens is 218 g/mol. The zero-order valence-electron chi connectivity index (χ0n) is 11.1. The average molecular weight is 241 g/mol. The lowest BCUT2D eigenvalue weighted by Crippen LogP contribution is -2.48. The molecule has 1 heterocycles. The molecule has 1 saturated carbocycles. The van der Waals surface area contributed by atoms with E-state index in [4.69, 9.17) is 4.74 Å². The maximum absolute atomic E-state index is 12.0. The van der Waals surface area contributed by atoms with Crippen LogP contribution in [-0.2, 0) is 4.74 Å². The SMILES string of the molecule is C[C@H]1[C@H]2CN(C(=O)OC(C)(C)C)[C@H](CO)C[C@@H]12. The number of aliphatic hydroxyl groups is 1. The topological polar surface area (TPSA) is 49.8 Å². The third-order valence-electron chi connectivity index (χ3n) is 3.99. The summed E-state index contributed by atoms with van der Waals surface area (Å²) in [6.07, 6.45) is 0.635. The molecule has 1 amide bonds. The molecule has 2 aliphatic rings. The number of rotatable bonds is 1. The van der Waals surface area contributed by atoms with Crippen molar-refractivity contribution in [1.82, 2.24) is 4.90 Å². The summed E-state index contributed by atoms with van der Waals surface area (Å²) in [4.78, 5) is 13.8. The quantitative estimate of drug-likeness (QED) is 0.762. The van der Waals surface area contributed by atoms with Crippen molar-refractivity contribution in [3.63, 3.8) is 0 Å². The summed E-state index contributed by atoms with van der Waals surface area (Å²) in [5, 5.41) is 9.38. The van der Waals surface area contributed by atoms with Gasteiger partial charge in [0.15, 0.2) is 0 Å². The van der Waals surface area contributed by atoms with Gasteiger partial charge >= 0.3 is 6.09 Å². The number of carbonyl (C=O) groups is 1. The fraction of sp³-hybridized carbons (Fsp3) is 0.923. The number of hydrogen-bond donors (Lipinski definition) is 1. The van der Waals surface area contributed by atoms with Crippen LogP contribution in [0.5, 0.6) is 0 Å². The van der Waals surface area contributed by atoms with Crippen LogP contribution in [0.1, 0.15) is 34.1 Å². The molecule has 0 spiro atoms. The van der Waals surface area contributed by atoms with E-state index >= 15 is 0 Å². The highest BCUT2D eigenvalue weighted by atomic mass is 16.6. The first-order valence-corrected chi connectivity index (χ1v) is 6.44. The van der Waals surface area contributed by atoms with Crippen LogP contribution >= 0.6 is 0 Å². The molecule has 0 aromatic heterocycles. The zero-order valence-corrected chi connectivity index (χ0v) is 11.1. The van der Waals surface area contributed by atoms with E-state index in [9.17, 15) is 9.90 Å². The summed E-state index contributed by atoms with van der Waals surface area (Å²) in [5.74, 6) is 2.01. The summed E-state index contributed by atoms with van der Waals surface area (Å²) in [6.45, 7) is 8.60. The molecule has 17 heavy (non-hydrogen) atoms. The van der Waals surface area contributed by atoms with Crippen LogP contribution in [0, 0.1) is 17.8 Å². The van der Waals surface area contributed by atoms with Crippen LogP contribution in [0.15, 0.2) is 0 Å². The van der Waals surface area contributed by atoms with Crippen molar-refractivity contribution in [1.29, 1.82) is 0 Å². The highest BCUT2D eigenvalue weighted by Gasteiger charge is 2.53. The van der Waals surface area contributed by atoms with Gasteiger partial charge in [-0.1, -0.05) is 6.92 Å². The summed E-state index contributed by atoms with van der Waals surface area (Å²) >= 11 is 0. The Morgan fingerprint density at radius 2 is 2.06 bits per heavy atom. The normalized spacial score (nSPS) is 36.4. The fourth-order valence-electron chi connectivity index (χ4n) is 2.86. The largest absolute Gasteiger partial charge is 0.444 e. The minimum atomic E-state index is -0.469. The van der Waals surface area contributed by atoms with Gasteiger partial charge in [-0.15, -0.1) is 0 Å². The van der Waals surface area contributed by atoms with E-state index in [0.717, 1.165) is 13.0 Å². The molecule has 1 aliphatic carbocycles. The molecule has 4 heteroatoms. The van der Waals surface area contributed by atoms with Crippen LogP contribution in [-0.4, -0.2) is 40.9 Å². The van der Waals surface area contributed by atoms with E-state index < -0.39 is 5.60 Å². The second kappa shape index (κ2) is 4.16. The van der Waals surface area contributed by atoms with E-state index in [-0.39, 0.29) is 18.7 Å². The monoisotopic (exact) mass is 241 g/mol. The lowest BCUT2D eigenvalue weighted by Gasteiger charge is -2.35. The second-order valence-corrected chi connectivity index (χ2v) is 6.39. The fourth-order valence-corrected chi connectivity index (χ4v) is 2.86. The summed E-state index contributed by atoms with van der Waals surface area (Å²) in [7, 11) is 0. The second-order valence-electron chi connectivity index (χ2n) is 6.39. The van der Waals surface area contributed by atoms with Gasteiger partial charge in [0.2, 0.25) is 0 Å². The van der Waals surface area contributed by atoms with Crippen molar-refractivity contribution in [3.8, 4) is 0 Å². The number of amides is 1. The van der Waals surface area contributed by atoms with Gasteiger partial charge < -0.3 is 14.7 Å². The lowest BCUT2D eigenvalue weighted by molar-refractivity contribution is 0.000434. The Morgan fingerprint density at radius 1 is 1.41 bits per heavy atom. The molecule has 0 radical (unpaired) electrons. The van der Waals surface area contributed by atoms with Crippen LogP contribution in [0.4, 0.5) is 4.79 Å². The molecule has 2 fully saturated rings. The maximum atomic E-state index is 12.0. The van der Waals surface area contributed by atoms with E-state index in [1.165, 1.54) is 0 Å². The predicted octanol–water partition coefficient (Wildman–Crippen LogP) is 1.87. The van der Waals surface area contributed by atoms with Crippen molar-refractivity contribution >= 4 is 6.09 Å². The third-order valence-corrected chi connectivity index (χ3v) is 3.99. The molecule has 98 valence electrons. The van der Waals surface area contributed by atoms with Crippen molar-refractivity contribution in [2.75, 3.05) is 13.2 Å². The molecule has 1 saturated heterocycles. The lowest BCUT2D eigenvalue weighted by atomic mass is 10.0. The highest BCUT2D eigenvalue weighted by molar-refractivity contribution is 5.69. The number of nitrogens with zero attached hydrogens (tertiary/aromatic N) is 1. The van der Waals surface area contributed by atoms with Gasteiger partial charge in [-0.25, -0.2) is 4.79 Å². The maximum Gasteiger partial charge on any atom is 0.410 e. The van der Waals surface area contributed by atoms with E-state index in [2.05, 4.69) is 6.92 Å². The van der Waals surface area contributed by atoms with Crippen molar-refractivity contribution in [2.45, 2.75) is 45.8 Å². The number of piperidine rings is 1. The van der Waals surface area contributed by atoms with Crippen molar-refractivity contribution < 1.29 is 14.6 Å². The molecule has 0 aromatic carbocycles. The number of ether oxygens (including phenoxy) is 1. The smallest absolute Gasteiger partial charge is 0.410 e. The van der Waals surface area contributed by atoms with Gasteiger partial charge in [0, 0.05) is 6.54 Å². The highest BCUT2D eigenvalue weighted by Crippen LogP contribution is 2.52. The number of carbonyl (C=O) groups excluding carboxylic acids is 1. The number of hydrogen-bond acceptors (Lipinski definition) is 3. The van der Waals surface area contributed by atoms with E-state index in [1.807, 2.05) is 20.8 Å². The van der Waals surface area contributed by atoms with Gasteiger partial charge in [-0.3, -0.25) is 0 Å². The predicted molar refractivity (Wildman–Crippen MR) is 64.6 cm³/mol. The van der Waals surface area contributed by atoms with Crippen LogP contribution in [0.25, 0.3) is 0 Å². The zero-order chi connectivity index (χ0) is 12.8. The molecule has 0 aromatic rings. The molecule has 1 aliphatic heterocycles. The molecule has 0 bridgehead atoms. The summed E-state index contributed by atoms with van der Waals surface area (Å²) in [5.41, 5.74) is -0.469. The Labute approximate surface area is 103 Å². The van der Waals surface area contributed by atoms with E-state index in [1.54, 1.807) is 4.90 Å². The van der Waals surface area contributed by atoms with Crippen molar-refractivity contribution in [3.05, 3.63) is 0 Å². The standard InChI is InChI=1S/C13H23NO3/c1-8-10-5-9(7-15)14(6-11(8)10)12(16)17-13(2,3)4/h8-11,15H,5-7H2,1-4H3/t8-,9+,10+,11-/m1/s1. The minimum absolute atomic E-state index is 0.0369. The molecule has 0 unspecified atom stereocenters. The number of likely N-dealkylation sites (tertiary alicyclic amines) is 1. The Kier molecular flexibility index (Phi) is 3.10. The molecular formula is C13H23NO3. The third kappa shape index (κ3) is 2.57. The van der Waals surface area contributed by atoms with Gasteiger partial charge in [0.25, 0.3) is 0 Å². The van der Waals surface area contributed by atoms with Gasteiger partial charge in [0.1, 0.15) is 5.60 Å². The van der Waals surface area contributed by atoms with Crippen LogP contribution in [0.3, 0.4) is 0 Å². The number of aliphatic hydroxyl groups excluding tert-OH is 1. The van der Waals surface area contributed by atoms with Gasteiger partial charge in [0.05, 0.1) is 12.6 Å². The Hall–Kier alpha value is -0.770. The van der Waals surface area contributed by atoms with Crippen LogP contribution < -0.4 is 0 Å². The first-order valence-electron chi connectivity index (χ1n) is 6.44. The average Bonchev–Trinajstić information content (AvgIpc) is 2.85. The van der Waals surface area contributed by atoms with E-state index in [0.29, 0.717) is 17.8 Å². The molecule has 4 nitrogen and oxygen atoms in total. The molecule has 4 atom stereocenters. The number of fused-ring (bicyclic) bond motifs is 1. The Balaban J connectivity index is 2.00. The molecule has 2 rings (SSSR count). The summed E-state index contributed by atoms with van der Waals surface area (Å²) < 4.78 is 5.39. The Bertz CT molecular complexity index is 310. The minimum Gasteiger partial charge on any atom is -0.444 e. The molecule has 1 N–H and O–H groups in total. The first kappa shape index (κ1) is 12.7. The van der Waals surface area contributed by atoms with Gasteiger partial charge in [-0.05, 0) is 44.9 Å².